The molecule has 2 rings (SSSR count). The number of hydrogen-bond acceptors (Lipinski definition) is 3. The predicted octanol–water partition coefficient (Wildman–Crippen LogP) is 2.36. The number of benzene rings is 1. The summed E-state index contributed by atoms with van der Waals surface area (Å²) in [6.45, 7) is 2.12. The van der Waals surface area contributed by atoms with Crippen LogP contribution in [-0.4, -0.2) is 21.4 Å². The van der Waals surface area contributed by atoms with E-state index in [0.717, 1.165) is 18.6 Å². The SMILES string of the molecule is CC1(C(=O)NCc2ccc(C(N)=S)cc2F)CCCS1. The molecule has 0 aromatic heterocycles. The monoisotopic (exact) mass is 312 g/mol. The van der Waals surface area contributed by atoms with Crippen molar-refractivity contribution in [3.05, 3.63) is 35.1 Å². The molecule has 1 aliphatic heterocycles. The number of hydrogen-bond donors (Lipinski definition) is 2. The zero-order chi connectivity index (χ0) is 14.8. The number of carbonyl (C=O) groups is 1. The third-order valence-corrected chi connectivity index (χ3v) is 5.23. The first-order chi connectivity index (χ1) is 9.42. The molecule has 6 heteroatoms. The Hall–Kier alpha value is -1.14. The van der Waals surface area contributed by atoms with Gasteiger partial charge in [-0.25, -0.2) is 4.39 Å². The van der Waals surface area contributed by atoms with Gasteiger partial charge in [-0.15, -0.1) is 11.8 Å². The van der Waals surface area contributed by atoms with Gasteiger partial charge in [-0.3, -0.25) is 4.79 Å². The van der Waals surface area contributed by atoms with Crippen molar-refractivity contribution in [1.29, 1.82) is 0 Å². The molecule has 108 valence electrons. The number of thioether (sulfide) groups is 1. The summed E-state index contributed by atoms with van der Waals surface area (Å²) in [6, 6.07) is 4.57. The van der Waals surface area contributed by atoms with Gasteiger partial charge in [0.25, 0.3) is 0 Å². The number of nitrogens with one attached hydrogen (secondary N) is 1. The number of rotatable bonds is 4. The minimum absolute atomic E-state index is 0.0298. The molecule has 0 radical (unpaired) electrons. The number of nitrogens with two attached hydrogens (primary N) is 1. The molecule has 1 heterocycles. The summed E-state index contributed by atoms with van der Waals surface area (Å²) in [5, 5.41) is 2.81. The maximum Gasteiger partial charge on any atom is 0.236 e. The third-order valence-electron chi connectivity index (χ3n) is 3.48. The fourth-order valence-corrected chi connectivity index (χ4v) is 3.52. The average Bonchev–Trinajstić information content (AvgIpc) is 2.85. The van der Waals surface area contributed by atoms with Crippen LogP contribution in [0.3, 0.4) is 0 Å². The first kappa shape index (κ1) is 15.3. The van der Waals surface area contributed by atoms with Crippen molar-refractivity contribution in [2.45, 2.75) is 31.1 Å². The van der Waals surface area contributed by atoms with Crippen molar-refractivity contribution in [3.8, 4) is 0 Å². The van der Waals surface area contributed by atoms with Crippen LogP contribution in [0.1, 0.15) is 30.9 Å². The second-order valence-corrected chi connectivity index (χ2v) is 7.07. The van der Waals surface area contributed by atoms with E-state index in [0.29, 0.717) is 11.1 Å². The van der Waals surface area contributed by atoms with Gasteiger partial charge in [0.15, 0.2) is 0 Å². The maximum absolute atomic E-state index is 13.9. The summed E-state index contributed by atoms with van der Waals surface area (Å²) in [4.78, 5) is 12.3. The Kier molecular flexibility index (Phi) is 4.65. The standard InChI is InChI=1S/C14H17FN2OS2/c1-14(5-2-6-20-14)13(18)17-8-10-4-3-9(12(16)19)7-11(10)15/h3-4,7H,2,5-6,8H2,1H3,(H2,16,19)(H,17,18). The van der Waals surface area contributed by atoms with Crippen LogP contribution in [-0.2, 0) is 11.3 Å². The Morgan fingerprint density at radius 2 is 2.35 bits per heavy atom. The summed E-state index contributed by atoms with van der Waals surface area (Å²) >= 11 is 6.46. The highest BCUT2D eigenvalue weighted by Gasteiger charge is 2.36. The van der Waals surface area contributed by atoms with E-state index in [9.17, 15) is 9.18 Å². The molecule has 1 atom stereocenters. The van der Waals surface area contributed by atoms with Gasteiger partial charge in [-0.05, 0) is 31.6 Å². The van der Waals surface area contributed by atoms with Gasteiger partial charge >= 0.3 is 0 Å². The second-order valence-electron chi connectivity index (χ2n) is 5.04. The van der Waals surface area contributed by atoms with E-state index < -0.39 is 5.82 Å². The van der Waals surface area contributed by atoms with Gasteiger partial charge < -0.3 is 11.1 Å². The van der Waals surface area contributed by atoms with Crippen LogP contribution >= 0.6 is 24.0 Å². The average molecular weight is 312 g/mol. The molecule has 1 aromatic carbocycles. The molecule has 1 unspecified atom stereocenters. The summed E-state index contributed by atoms with van der Waals surface area (Å²) in [5.74, 6) is 0.568. The summed E-state index contributed by atoms with van der Waals surface area (Å²) in [6.07, 6.45) is 1.91. The quantitative estimate of drug-likeness (QED) is 0.838. The van der Waals surface area contributed by atoms with E-state index in [4.69, 9.17) is 18.0 Å². The number of amides is 1. The Labute approximate surface area is 127 Å². The second kappa shape index (κ2) is 6.10. The van der Waals surface area contributed by atoms with Crippen LogP contribution in [0.4, 0.5) is 4.39 Å². The molecular formula is C14H17FN2OS2. The van der Waals surface area contributed by atoms with Crippen LogP contribution in [0.5, 0.6) is 0 Å². The molecule has 0 saturated carbocycles. The molecule has 1 fully saturated rings. The van der Waals surface area contributed by atoms with E-state index in [1.165, 1.54) is 6.07 Å². The normalized spacial score (nSPS) is 21.7. The Morgan fingerprint density at radius 3 is 2.90 bits per heavy atom. The van der Waals surface area contributed by atoms with Crippen molar-refractivity contribution in [2.24, 2.45) is 5.73 Å². The van der Waals surface area contributed by atoms with Crippen LogP contribution in [0.2, 0.25) is 0 Å². The molecular weight excluding hydrogens is 295 g/mol. The fraction of sp³-hybridized carbons (Fsp3) is 0.429. The van der Waals surface area contributed by atoms with Gasteiger partial charge in [-0.1, -0.05) is 24.4 Å². The highest BCUT2D eigenvalue weighted by atomic mass is 32.2. The van der Waals surface area contributed by atoms with Crippen LogP contribution in [0.25, 0.3) is 0 Å². The lowest BCUT2D eigenvalue weighted by Crippen LogP contribution is -2.40. The van der Waals surface area contributed by atoms with Gasteiger partial charge in [0.2, 0.25) is 5.91 Å². The Bertz CT molecular complexity index is 542. The first-order valence-electron chi connectivity index (χ1n) is 6.43. The first-order valence-corrected chi connectivity index (χ1v) is 7.82. The minimum atomic E-state index is -0.403. The predicted molar refractivity (Wildman–Crippen MR) is 84.2 cm³/mol. The molecule has 1 saturated heterocycles. The fourth-order valence-electron chi connectivity index (χ4n) is 2.16. The lowest BCUT2D eigenvalue weighted by atomic mass is 10.0. The van der Waals surface area contributed by atoms with Crippen LogP contribution in [0.15, 0.2) is 18.2 Å². The third kappa shape index (κ3) is 3.30. The van der Waals surface area contributed by atoms with Gasteiger partial charge in [0.05, 0.1) is 4.75 Å². The van der Waals surface area contributed by atoms with Crippen molar-refractivity contribution in [1.82, 2.24) is 5.32 Å². The Morgan fingerprint density at radius 1 is 1.60 bits per heavy atom. The molecule has 0 spiro atoms. The molecule has 1 amide bonds. The molecule has 1 aromatic rings. The Balaban J connectivity index is 2.00. The molecule has 20 heavy (non-hydrogen) atoms. The van der Waals surface area contributed by atoms with Crippen molar-refractivity contribution in [3.63, 3.8) is 0 Å². The zero-order valence-corrected chi connectivity index (χ0v) is 12.9. The molecule has 0 aliphatic carbocycles. The van der Waals surface area contributed by atoms with Crippen molar-refractivity contribution >= 4 is 34.9 Å². The number of halogens is 1. The smallest absolute Gasteiger partial charge is 0.236 e. The highest BCUT2D eigenvalue weighted by Crippen LogP contribution is 2.37. The summed E-state index contributed by atoms with van der Waals surface area (Å²) in [5.41, 5.74) is 6.37. The van der Waals surface area contributed by atoms with E-state index in [2.05, 4.69) is 5.32 Å². The van der Waals surface area contributed by atoms with Crippen LogP contribution < -0.4 is 11.1 Å². The van der Waals surface area contributed by atoms with E-state index in [1.807, 2.05) is 6.92 Å². The molecule has 3 N–H and O–H groups in total. The minimum Gasteiger partial charge on any atom is -0.389 e. The maximum atomic E-state index is 13.9. The zero-order valence-electron chi connectivity index (χ0n) is 11.2. The number of carbonyl (C=O) groups excluding carboxylic acids is 1. The van der Waals surface area contributed by atoms with Crippen LogP contribution in [0, 0.1) is 5.82 Å². The van der Waals surface area contributed by atoms with E-state index >= 15 is 0 Å². The highest BCUT2D eigenvalue weighted by molar-refractivity contribution is 8.01. The van der Waals surface area contributed by atoms with Gasteiger partial charge in [-0.2, -0.15) is 0 Å². The summed E-state index contributed by atoms with van der Waals surface area (Å²) in [7, 11) is 0. The van der Waals surface area contributed by atoms with Crippen molar-refractivity contribution in [2.75, 3.05) is 5.75 Å². The largest absolute Gasteiger partial charge is 0.389 e. The van der Waals surface area contributed by atoms with Gasteiger partial charge in [0, 0.05) is 17.7 Å². The topological polar surface area (TPSA) is 55.1 Å². The van der Waals surface area contributed by atoms with Gasteiger partial charge in [0.1, 0.15) is 10.8 Å². The molecule has 1 aliphatic rings. The molecule has 3 nitrogen and oxygen atoms in total. The summed E-state index contributed by atoms with van der Waals surface area (Å²) < 4.78 is 13.5. The van der Waals surface area contributed by atoms with E-state index in [1.54, 1.807) is 23.9 Å². The lowest BCUT2D eigenvalue weighted by Gasteiger charge is -2.21. The lowest BCUT2D eigenvalue weighted by molar-refractivity contribution is -0.123. The van der Waals surface area contributed by atoms with E-state index in [-0.39, 0.29) is 22.2 Å². The number of thiocarbonyl (C=S) groups is 1. The molecule has 0 bridgehead atoms. The van der Waals surface area contributed by atoms with Crippen molar-refractivity contribution < 1.29 is 9.18 Å².